The number of nitrogens with one attached hydrogen (secondary N) is 1. The summed E-state index contributed by atoms with van der Waals surface area (Å²) in [6.07, 6.45) is 8.79. The van der Waals surface area contributed by atoms with Crippen molar-refractivity contribution < 1.29 is 9.13 Å². The maximum absolute atomic E-state index is 13.4. The Bertz CT molecular complexity index is 1300. The standard InChI is InChI=1S/C30H31FN2O/c31-24-12-14-25(15-13-24)33-20-23(26-9-3-4-11-29(26)33)7-2-1-6-22-8-5-10-28-27(22)21-34-30(28)16-18-32-19-17-30/h3-5,8-15,20,32H,1-2,6-7,16-19,21H2. The van der Waals surface area contributed by atoms with Crippen LogP contribution in [0.15, 0.2) is 72.9 Å². The van der Waals surface area contributed by atoms with Gasteiger partial charge in [-0.15, -0.1) is 0 Å². The fourth-order valence-electron chi connectivity index (χ4n) is 5.89. The van der Waals surface area contributed by atoms with Gasteiger partial charge in [-0.1, -0.05) is 36.4 Å². The Morgan fingerprint density at radius 2 is 1.62 bits per heavy atom. The molecule has 0 aliphatic carbocycles. The number of aryl methyl sites for hydroxylation is 2. The molecule has 2 aliphatic heterocycles. The Labute approximate surface area is 200 Å². The molecule has 0 bridgehead atoms. The van der Waals surface area contributed by atoms with E-state index in [0.717, 1.165) is 63.9 Å². The van der Waals surface area contributed by atoms with Crippen LogP contribution in [-0.4, -0.2) is 17.7 Å². The van der Waals surface area contributed by atoms with E-state index >= 15 is 0 Å². The van der Waals surface area contributed by atoms with Gasteiger partial charge in [-0.25, -0.2) is 4.39 Å². The van der Waals surface area contributed by atoms with Crippen molar-refractivity contribution in [2.75, 3.05) is 13.1 Å². The van der Waals surface area contributed by atoms with E-state index in [0.29, 0.717) is 0 Å². The van der Waals surface area contributed by atoms with Crippen LogP contribution >= 0.6 is 0 Å². The first-order chi connectivity index (χ1) is 16.7. The fraction of sp³-hybridized carbons (Fsp3) is 0.333. The van der Waals surface area contributed by atoms with E-state index in [1.54, 1.807) is 0 Å². The van der Waals surface area contributed by atoms with Gasteiger partial charge >= 0.3 is 0 Å². The van der Waals surface area contributed by atoms with Crippen molar-refractivity contribution in [3.05, 3.63) is 101 Å². The molecule has 1 fully saturated rings. The van der Waals surface area contributed by atoms with Crippen LogP contribution in [0.2, 0.25) is 0 Å². The number of para-hydroxylation sites is 1. The molecule has 174 valence electrons. The van der Waals surface area contributed by atoms with E-state index < -0.39 is 0 Å². The van der Waals surface area contributed by atoms with Gasteiger partial charge in [-0.3, -0.25) is 0 Å². The van der Waals surface area contributed by atoms with E-state index in [-0.39, 0.29) is 11.4 Å². The number of ether oxygens (including phenoxy) is 1. The number of rotatable bonds is 6. The molecule has 1 aromatic heterocycles. The lowest BCUT2D eigenvalue weighted by Crippen LogP contribution is -2.39. The number of unbranched alkanes of at least 4 members (excludes halogenated alkanes) is 1. The first kappa shape index (κ1) is 21.6. The summed E-state index contributed by atoms with van der Waals surface area (Å²) in [7, 11) is 0. The number of nitrogens with zero attached hydrogens (tertiary/aromatic N) is 1. The van der Waals surface area contributed by atoms with Gasteiger partial charge in [-0.05, 0) is 104 Å². The summed E-state index contributed by atoms with van der Waals surface area (Å²) in [5, 5.41) is 4.75. The molecule has 1 saturated heterocycles. The topological polar surface area (TPSA) is 26.2 Å². The van der Waals surface area contributed by atoms with Gasteiger partial charge < -0.3 is 14.6 Å². The number of piperidine rings is 1. The zero-order valence-corrected chi connectivity index (χ0v) is 19.5. The number of halogens is 1. The predicted molar refractivity (Wildman–Crippen MR) is 135 cm³/mol. The molecule has 0 radical (unpaired) electrons. The molecule has 6 rings (SSSR count). The van der Waals surface area contributed by atoms with E-state index in [4.69, 9.17) is 4.74 Å². The highest BCUT2D eigenvalue weighted by Crippen LogP contribution is 2.44. The molecule has 4 aromatic rings. The Hall–Kier alpha value is -2.95. The third kappa shape index (κ3) is 3.85. The minimum absolute atomic E-state index is 0.0568. The molecule has 3 heterocycles. The Kier molecular flexibility index (Phi) is 5.72. The molecule has 4 heteroatoms. The van der Waals surface area contributed by atoms with Gasteiger partial charge in [-0.2, -0.15) is 0 Å². The second-order valence-electron chi connectivity index (χ2n) is 9.70. The number of aromatic nitrogens is 1. The van der Waals surface area contributed by atoms with E-state index in [2.05, 4.69) is 58.5 Å². The summed E-state index contributed by atoms with van der Waals surface area (Å²) >= 11 is 0. The van der Waals surface area contributed by atoms with E-state index in [1.807, 2.05) is 12.1 Å². The molecule has 2 aliphatic rings. The highest BCUT2D eigenvalue weighted by molar-refractivity contribution is 5.85. The molecule has 34 heavy (non-hydrogen) atoms. The Morgan fingerprint density at radius 1 is 0.853 bits per heavy atom. The highest BCUT2D eigenvalue weighted by Gasteiger charge is 2.41. The molecule has 1 spiro atoms. The summed E-state index contributed by atoms with van der Waals surface area (Å²) in [5.41, 5.74) is 7.81. The van der Waals surface area contributed by atoms with Gasteiger partial charge in [0.15, 0.2) is 0 Å². The van der Waals surface area contributed by atoms with Gasteiger partial charge in [0, 0.05) is 17.3 Å². The van der Waals surface area contributed by atoms with Crippen LogP contribution in [0.25, 0.3) is 16.6 Å². The van der Waals surface area contributed by atoms with Crippen LogP contribution < -0.4 is 5.32 Å². The zero-order chi connectivity index (χ0) is 23.0. The lowest BCUT2D eigenvalue weighted by Gasteiger charge is -2.34. The number of hydrogen-bond acceptors (Lipinski definition) is 2. The molecule has 0 atom stereocenters. The number of fused-ring (bicyclic) bond motifs is 3. The van der Waals surface area contributed by atoms with Gasteiger partial charge in [0.1, 0.15) is 5.82 Å². The maximum Gasteiger partial charge on any atom is 0.123 e. The first-order valence-electron chi connectivity index (χ1n) is 12.5. The summed E-state index contributed by atoms with van der Waals surface area (Å²) in [6.45, 7) is 2.83. The summed E-state index contributed by atoms with van der Waals surface area (Å²) in [6, 6.07) is 22.1. The van der Waals surface area contributed by atoms with Crippen molar-refractivity contribution in [2.24, 2.45) is 0 Å². The zero-order valence-electron chi connectivity index (χ0n) is 19.5. The molecule has 3 nitrogen and oxygen atoms in total. The lowest BCUT2D eigenvalue weighted by molar-refractivity contribution is -0.0590. The quantitative estimate of drug-likeness (QED) is 0.339. The van der Waals surface area contributed by atoms with Crippen LogP contribution in [-0.2, 0) is 29.8 Å². The van der Waals surface area contributed by atoms with Crippen molar-refractivity contribution in [3.63, 3.8) is 0 Å². The predicted octanol–water partition coefficient (Wildman–Crippen LogP) is 6.44. The van der Waals surface area contributed by atoms with Crippen molar-refractivity contribution >= 4 is 10.9 Å². The maximum atomic E-state index is 13.4. The van der Waals surface area contributed by atoms with Crippen LogP contribution in [0.5, 0.6) is 0 Å². The van der Waals surface area contributed by atoms with Crippen molar-refractivity contribution in [2.45, 2.75) is 50.7 Å². The second-order valence-corrected chi connectivity index (χ2v) is 9.70. The molecule has 0 amide bonds. The van der Waals surface area contributed by atoms with E-state index in [1.165, 1.54) is 45.3 Å². The van der Waals surface area contributed by atoms with Gasteiger partial charge in [0.25, 0.3) is 0 Å². The Morgan fingerprint density at radius 3 is 2.44 bits per heavy atom. The normalized spacial score (nSPS) is 16.9. The molecular weight excluding hydrogens is 423 g/mol. The summed E-state index contributed by atoms with van der Waals surface area (Å²) < 4.78 is 22.0. The average Bonchev–Trinajstić information content (AvgIpc) is 3.42. The second kappa shape index (κ2) is 9.01. The average molecular weight is 455 g/mol. The van der Waals surface area contributed by atoms with Crippen LogP contribution in [0.1, 0.15) is 47.9 Å². The van der Waals surface area contributed by atoms with Crippen molar-refractivity contribution in [3.8, 4) is 5.69 Å². The smallest absolute Gasteiger partial charge is 0.123 e. The van der Waals surface area contributed by atoms with Crippen LogP contribution in [0, 0.1) is 5.82 Å². The monoisotopic (exact) mass is 454 g/mol. The van der Waals surface area contributed by atoms with Crippen LogP contribution in [0.3, 0.4) is 0 Å². The minimum atomic E-state index is -0.204. The van der Waals surface area contributed by atoms with Crippen molar-refractivity contribution in [1.29, 1.82) is 0 Å². The molecule has 1 N–H and O–H groups in total. The molecule has 3 aromatic carbocycles. The number of hydrogen-bond donors (Lipinski definition) is 1. The molecular formula is C30H31FN2O. The molecule has 0 unspecified atom stereocenters. The summed E-state index contributed by atoms with van der Waals surface area (Å²) in [4.78, 5) is 0. The largest absolute Gasteiger partial charge is 0.365 e. The number of benzene rings is 3. The third-order valence-electron chi connectivity index (χ3n) is 7.71. The van der Waals surface area contributed by atoms with Gasteiger partial charge in [0.05, 0.1) is 17.7 Å². The van der Waals surface area contributed by atoms with Gasteiger partial charge in [0.2, 0.25) is 0 Å². The molecule has 0 saturated carbocycles. The highest BCUT2D eigenvalue weighted by atomic mass is 19.1. The first-order valence-corrected chi connectivity index (χ1v) is 12.5. The lowest BCUT2D eigenvalue weighted by atomic mass is 9.83. The SMILES string of the molecule is Fc1ccc(-n2cc(CCCCc3cccc4c3COC43CCNCC3)c3ccccc32)cc1. The Balaban J connectivity index is 1.16. The minimum Gasteiger partial charge on any atom is -0.365 e. The fourth-order valence-corrected chi connectivity index (χ4v) is 5.89. The third-order valence-corrected chi connectivity index (χ3v) is 7.71. The van der Waals surface area contributed by atoms with E-state index in [9.17, 15) is 4.39 Å². The van der Waals surface area contributed by atoms with Crippen molar-refractivity contribution in [1.82, 2.24) is 9.88 Å². The van der Waals surface area contributed by atoms with Crippen LogP contribution in [0.4, 0.5) is 4.39 Å². The summed E-state index contributed by atoms with van der Waals surface area (Å²) in [5.74, 6) is -0.204.